The molecule has 0 aromatic heterocycles. The smallest absolute Gasteiger partial charge is 0.342 e. The number of carbonyl (C=O) groups excluding carboxylic acids is 3. The average Bonchev–Trinajstić information content (AvgIpc) is 2.48. The summed E-state index contributed by atoms with van der Waals surface area (Å²) in [5.41, 5.74) is 0.272. The van der Waals surface area contributed by atoms with Crippen LogP contribution < -0.4 is 4.74 Å². The second kappa shape index (κ2) is 6.01. The van der Waals surface area contributed by atoms with Crippen molar-refractivity contribution in [3.63, 3.8) is 0 Å². The summed E-state index contributed by atoms with van der Waals surface area (Å²) in [7, 11) is 1.45. The lowest BCUT2D eigenvalue weighted by molar-refractivity contribution is -0.137. The van der Waals surface area contributed by atoms with Crippen LogP contribution in [0, 0.1) is 0 Å². The topological polar surface area (TPSA) is 78.9 Å². The summed E-state index contributed by atoms with van der Waals surface area (Å²) in [6.07, 6.45) is 1.03. The molecule has 6 heteroatoms. The quantitative estimate of drug-likeness (QED) is 0.600. The van der Waals surface area contributed by atoms with Crippen molar-refractivity contribution in [2.75, 3.05) is 20.3 Å². The highest BCUT2D eigenvalue weighted by atomic mass is 16.6. The van der Waals surface area contributed by atoms with Gasteiger partial charge in [0.15, 0.2) is 6.61 Å². The number of Topliss-reactive ketones (excluding diaryl/α,β-unsaturated/α-hetero) is 1. The molecule has 0 fully saturated rings. The molecule has 0 saturated carbocycles. The van der Waals surface area contributed by atoms with Crippen LogP contribution in [0.3, 0.4) is 0 Å². The van der Waals surface area contributed by atoms with Crippen LogP contribution in [-0.2, 0) is 19.1 Å². The Balaban J connectivity index is 2.01. The third-order valence-electron chi connectivity index (χ3n) is 2.63. The summed E-state index contributed by atoms with van der Waals surface area (Å²) in [6.45, 7) is -0.535. The fraction of sp³-hybridized carbons (Fsp3) is 0.214. The molecule has 0 bridgehead atoms. The van der Waals surface area contributed by atoms with Gasteiger partial charge in [-0.25, -0.2) is 4.79 Å². The molecule has 104 valence electrons. The molecule has 1 aromatic carbocycles. The van der Waals surface area contributed by atoms with E-state index in [0.29, 0.717) is 5.75 Å². The standard InChI is InChI=1S/C14H12O6/c1-18-13-5-3-2-4-10(13)14(17)20-7-9-6-11(15)12(16)8-19-9/h2-6H,7-8H2,1H3. The summed E-state index contributed by atoms with van der Waals surface area (Å²) in [4.78, 5) is 34.0. The first-order valence-corrected chi connectivity index (χ1v) is 5.82. The van der Waals surface area contributed by atoms with E-state index in [9.17, 15) is 14.4 Å². The number of ketones is 2. The number of ether oxygens (including phenoxy) is 3. The second-order valence-electron chi connectivity index (χ2n) is 3.96. The maximum Gasteiger partial charge on any atom is 0.342 e. The Kier molecular flexibility index (Phi) is 4.14. The average molecular weight is 276 g/mol. The molecule has 0 saturated heterocycles. The lowest BCUT2D eigenvalue weighted by Gasteiger charge is -2.14. The molecule has 1 heterocycles. The predicted octanol–water partition coefficient (Wildman–Crippen LogP) is 0.904. The first-order valence-electron chi connectivity index (χ1n) is 5.82. The molecular formula is C14H12O6. The molecule has 0 N–H and O–H groups in total. The van der Waals surface area contributed by atoms with Gasteiger partial charge < -0.3 is 14.2 Å². The van der Waals surface area contributed by atoms with Crippen molar-refractivity contribution in [2.24, 2.45) is 0 Å². The number of benzene rings is 1. The summed E-state index contributed by atoms with van der Waals surface area (Å²) >= 11 is 0. The Labute approximate surface area is 114 Å². The van der Waals surface area contributed by atoms with E-state index in [2.05, 4.69) is 0 Å². The highest BCUT2D eigenvalue weighted by molar-refractivity contribution is 6.42. The zero-order valence-corrected chi connectivity index (χ0v) is 10.8. The molecule has 20 heavy (non-hydrogen) atoms. The monoisotopic (exact) mass is 276 g/mol. The molecule has 2 rings (SSSR count). The van der Waals surface area contributed by atoms with Crippen molar-refractivity contribution in [1.29, 1.82) is 0 Å². The molecule has 0 unspecified atom stereocenters. The largest absolute Gasteiger partial charge is 0.496 e. The number of rotatable bonds is 4. The van der Waals surface area contributed by atoms with Gasteiger partial charge in [0, 0.05) is 6.08 Å². The Morgan fingerprint density at radius 1 is 1.30 bits per heavy atom. The summed E-state index contributed by atoms with van der Waals surface area (Å²) in [5.74, 6) is -1.33. The van der Waals surface area contributed by atoms with E-state index in [1.54, 1.807) is 24.3 Å². The van der Waals surface area contributed by atoms with Crippen molar-refractivity contribution in [3.8, 4) is 5.75 Å². The van der Waals surface area contributed by atoms with Crippen molar-refractivity contribution in [2.45, 2.75) is 0 Å². The van der Waals surface area contributed by atoms with Gasteiger partial charge >= 0.3 is 5.97 Å². The highest BCUT2D eigenvalue weighted by Crippen LogP contribution is 2.18. The molecule has 1 aliphatic heterocycles. The van der Waals surface area contributed by atoms with Crippen LogP contribution in [0.1, 0.15) is 10.4 Å². The number of methoxy groups -OCH3 is 1. The van der Waals surface area contributed by atoms with Gasteiger partial charge in [0.1, 0.15) is 23.7 Å². The third kappa shape index (κ3) is 3.03. The van der Waals surface area contributed by atoms with Gasteiger partial charge in [0.25, 0.3) is 0 Å². The molecule has 1 aromatic rings. The lowest BCUT2D eigenvalue weighted by atomic mass is 10.2. The van der Waals surface area contributed by atoms with Crippen LogP contribution >= 0.6 is 0 Å². The minimum Gasteiger partial charge on any atom is -0.496 e. The van der Waals surface area contributed by atoms with E-state index >= 15 is 0 Å². The van der Waals surface area contributed by atoms with E-state index < -0.39 is 17.5 Å². The van der Waals surface area contributed by atoms with Crippen LogP contribution in [0.15, 0.2) is 36.1 Å². The first-order chi connectivity index (χ1) is 9.61. The van der Waals surface area contributed by atoms with Gasteiger partial charge in [-0.2, -0.15) is 0 Å². The highest BCUT2D eigenvalue weighted by Gasteiger charge is 2.21. The number of carbonyl (C=O) groups is 3. The van der Waals surface area contributed by atoms with Crippen LogP contribution in [0.5, 0.6) is 5.75 Å². The summed E-state index contributed by atoms with van der Waals surface area (Å²) < 4.78 is 15.0. The number of hydrogen-bond donors (Lipinski definition) is 0. The van der Waals surface area contributed by atoms with Crippen molar-refractivity contribution in [3.05, 3.63) is 41.7 Å². The maximum absolute atomic E-state index is 11.9. The fourth-order valence-corrected chi connectivity index (χ4v) is 1.61. The molecule has 1 aliphatic rings. The van der Waals surface area contributed by atoms with Gasteiger partial charge in [-0.05, 0) is 12.1 Å². The first kappa shape index (κ1) is 13.8. The Morgan fingerprint density at radius 3 is 2.75 bits per heavy atom. The molecule has 6 nitrogen and oxygen atoms in total. The van der Waals surface area contributed by atoms with Crippen molar-refractivity contribution >= 4 is 17.5 Å². The van der Waals surface area contributed by atoms with Gasteiger partial charge in [0.05, 0.1) is 7.11 Å². The van der Waals surface area contributed by atoms with E-state index in [4.69, 9.17) is 14.2 Å². The minimum absolute atomic E-state index is 0.151. The molecule has 0 amide bonds. The van der Waals surface area contributed by atoms with Gasteiger partial charge in [-0.3, -0.25) is 9.59 Å². The van der Waals surface area contributed by atoms with E-state index in [0.717, 1.165) is 6.08 Å². The van der Waals surface area contributed by atoms with Crippen LogP contribution in [-0.4, -0.2) is 37.9 Å². The lowest BCUT2D eigenvalue weighted by Crippen LogP contribution is -2.25. The molecule has 0 atom stereocenters. The van der Waals surface area contributed by atoms with Crippen molar-refractivity contribution in [1.82, 2.24) is 0 Å². The zero-order valence-electron chi connectivity index (χ0n) is 10.8. The fourth-order valence-electron chi connectivity index (χ4n) is 1.61. The maximum atomic E-state index is 11.9. The van der Waals surface area contributed by atoms with Gasteiger partial charge in [-0.15, -0.1) is 0 Å². The predicted molar refractivity (Wildman–Crippen MR) is 67.3 cm³/mol. The number of para-hydroxylation sites is 1. The summed E-state index contributed by atoms with van der Waals surface area (Å²) in [6, 6.07) is 6.60. The Bertz CT molecular complexity index is 587. The van der Waals surface area contributed by atoms with Crippen LogP contribution in [0.25, 0.3) is 0 Å². The SMILES string of the molecule is COc1ccccc1C(=O)OCC1=CC(=O)C(=O)CO1. The van der Waals surface area contributed by atoms with Gasteiger partial charge in [0.2, 0.25) is 11.6 Å². The van der Waals surface area contributed by atoms with Crippen molar-refractivity contribution < 1.29 is 28.6 Å². The molecule has 0 aliphatic carbocycles. The van der Waals surface area contributed by atoms with E-state index in [1.807, 2.05) is 0 Å². The minimum atomic E-state index is -0.653. The zero-order chi connectivity index (χ0) is 14.5. The van der Waals surface area contributed by atoms with Crippen LogP contribution in [0.4, 0.5) is 0 Å². The number of allylic oxidation sites excluding steroid dienone is 1. The molecule has 0 radical (unpaired) electrons. The number of esters is 1. The van der Waals surface area contributed by atoms with Crippen LogP contribution in [0.2, 0.25) is 0 Å². The Hall–Kier alpha value is -2.63. The molecular weight excluding hydrogens is 264 g/mol. The molecule has 0 spiro atoms. The van der Waals surface area contributed by atoms with E-state index in [-0.39, 0.29) is 24.5 Å². The number of hydrogen-bond acceptors (Lipinski definition) is 6. The summed E-state index contributed by atoms with van der Waals surface area (Å²) in [5, 5.41) is 0. The Morgan fingerprint density at radius 2 is 2.05 bits per heavy atom. The normalized spacial score (nSPS) is 14.3. The third-order valence-corrected chi connectivity index (χ3v) is 2.63. The second-order valence-corrected chi connectivity index (χ2v) is 3.96. The van der Waals surface area contributed by atoms with E-state index in [1.165, 1.54) is 7.11 Å². The van der Waals surface area contributed by atoms with Gasteiger partial charge in [-0.1, -0.05) is 12.1 Å².